The summed E-state index contributed by atoms with van der Waals surface area (Å²) in [4.78, 5) is 15.0. The lowest BCUT2D eigenvalue weighted by molar-refractivity contribution is -0.130. The summed E-state index contributed by atoms with van der Waals surface area (Å²) in [7, 11) is 1.63. The van der Waals surface area contributed by atoms with Crippen LogP contribution in [0.25, 0.3) is 0 Å². The number of nitrogens with zero attached hydrogens (tertiary/aromatic N) is 2. The molecule has 0 saturated heterocycles. The van der Waals surface area contributed by atoms with E-state index in [9.17, 15) is 4.79 Å². The van der Waals surface area contributed by atoms with Crippen LogP contribution in [0.3, 0.4) is 0 Å². The molecule has 2 aromatic heterocycles. The lowest BCUT2D eigenvalue weighted by atomic mass is 10.1. The molecule has 1 unspecified atom stereocenters. The standard InChI is InChI=1S/C20H18N2O3S2/c1-24-14-5-2-6-15(11-14)27-13-20(23)22-17(18-7-3-9-25-18)12-16(21-22)19-8-4-10-26-19/h2-11,17H,12-13H2,1H3. The zero-order chi connectivity index (χ0) is 18.6. The molecule has 5 nitrogen and oxygen atoms in total. The number of hydrogen-bond acceptors (Lipinski definition) is 6. The highest BCUT2D eigenvalue weighted by Gasteiger charge is 2.34. The largest absolute Gasteiger partial charge is 0.497 e. The number of benzene rings is 1. The number of thioether (sulfide) groups is 1. The van der Waals surface area contributed by atoms with Gasteiger partial charge in [0.1, 0.15) is 17.6 Å². The van der Waals surface area contributed by atoms with Crippen LogP contribution in [0.4, 0.5) is 0 Å². The SMILES string of the molecule is COc1cccc(SCC(=O)N2N=C(c3cccs3)CC2c2ccco2)c1. The van der Waals surface area contributed by atoms with Crippen molar-refractivity contribution in [3.8, 4) is 5.75 Å². The minimum absolute atomic E-state index is 0.0456. The maximum absolute atomic E-state index is 12.9. The van der Waals surface area contributed by atoms with E-state index in [1.54, 1.807) is 29.7 Å². The Labute approximate surface area is 165 Å². The number of methoxy groups -OCH3 is 1. The predicted octanol–water partition coefficient (Wildman–Crippen LogP) is 4.82. The van der Waals surface area contributed by atoms with Gasteiger partial charge in [0.25, 0.3) is 5.91 Å². The fourth-order valence-electron chi connectivity index (χ4n) is 2.94. The molecular weight excluding hydrogens is 380 g/mol. The van der Waals surface area contributed by atoms with Crippen molar-refractivity contribution in [2.45, 2.75) is 17.4 Å². The van der Waals surface area contributed by atoms with Gasteiger partial charge in [0.05, 0.1) is 29.7 Å². The van der Waals surface area contributed by atoms with E-state index in [0.717, 1.165) is 27.0 Å². The number of carbonyl (C=O) groups is 1. The average molecular weight is 399 g/mol. The number of amides is 1. The van der Waals surface area contributed by atoms with E-state index in [0.29, 0.717) is 12.2 Å². The van der Waals surface area contributed by atoms with Crippen molar-refractivity contribution < 1.29 is 13.9 Å². The number of thiophene rings is 1. The van der Waals surface area contributed by atoms with Crippen LogP contribution in [0.5, 0.6) is 5.75 Å². The average Bonchev–Trinajstić information content (AvgIpc) is 3.46. The minimum Gasteiger partial charge on any atom is -0.497 e. The summed E-state index contributed by atoms with van der Waals surface area (Å²) in [5.74, 6) is 1.78. The van der Waals surface area contributed by atoms with Crippen molar-refractivity contribution in [2.75, 3.05) is 12.9 Å². The Kier molecular flexibility index (Phi) is 5.31. The van der Waals surface area contributed by atoms with Crippen LogP contribution < -0.4 is 4.74 Å². The maximum atomic E-state index is 12.9. The third-order valence-corrected chi connectivity index (χ3v) is 6.14. The van der Waals surface area contributed by atoms with Crippen molar-refractivity contribution in [3.63, 3.8) is 0 Å². The summed E-state index contributed by atoms with van der Waals surface area (Å²) in [6, 6.07) is 15.3. The monoisotopic (exact) mass is 398 g/mol. The summed E-state index contributed by atoms with van der Waals surface area (Å²) in [6.07, 6.45) is 2.29. The fraction of sp³-hybridized carbons (Fsp3) is 0.200. The number of furan rings is 1. The van der Waals surface area contributed by atoms with Crippen molar-refractivity contribution in [1.29, 1.82) is 0 Å². The van der Waals surface area contributed by atoms with Gasteiger partial charge in [-0.2, -0.15) is 5.10 Å². The van der Waals surface area contributed by atoms with E-state index in [1.807, 2.05) is 53.9 Å². The van der Waals surface area contributed by atoms with Crippen LogP contribution in [0.15, 0.2) is 74.6 Å². The molecule has 4 rings (SSSR count). The van der Waals surface area contributed by atoms with Crippen molar-refractivity contribution in [1.82, 2.24) is 5.01 Å². The number of hydrogen-bond donors (Lipinski definition) is 0. The Bertz CT molecular complexity index is 936. The first-order chi connectivity index (χ1) is 13.2. The summed E-state index contributed by atoms with van der Waals surface area (Å²) < 4.78 is 10.8. The summed E-state index contributed by atoms with van der Waals surface area (Å²) >= 11 is 3.10. The lowest BCUT2D eigenvalue weighted by Gasteiger charge is -2.19. The summed E-state index contributed by atoms with van der Waals surface area (Å²) in [6.45, 7) is 0. The van der Waals surface area contributed by atoms with Crippen molar-refractivity contribution >= 4 is 34.7 Å². The third kappa shape index (κ3) is 3.94. The fourth-order valence-corrected chi connectivity index (χ4v) is 4.45. The zero-order valence-corrected chi connectivity index (χ0v) is 16.3. The topological polar surface area (TPSA) is 55.0 Å². The highest BCUT2D eigenvalue weighted by atomic mass is 32.2. The molecule has 138 valence electrons. The van der Waals surface area contributed by atoms with Gasteiger partial charge in [-0.25, -0.2) is 5.01 Å². The number of ether oxygens (including phenoxy) is 1. The van der Waals surface area contributed by atoms with Crippen LogP contribution in [0.2, 0.25) is 0 Å². The minimum atomic E-state index is -0.199. The normalized spacial score (nSPS) is 16.4. The first-order valence-electron chi connectivity index (χ1n) is 8.48. The Morgan fingerprint density at radius 2 is 2.26 bits per heavy atom. The molecule has 0 aliphatic carbocycles. The van der Waals surface area contributed by atoms with Gasteiger partial charge >= 0.3 is 0 Å². The molecule has 1 amide bonds. The van der Waals surface area contributed by atoms with Gasteiger partial charge in [-0.15, -0.1) is 23.1 Å². The van der Waals surface area contributed by atoms with Gasteiger partial charge in [-0.3, -0.25) is 4.79 Å². The lowest BCUT2D eigenvalue weighted by Crippen LogP contribution is -2.28. The van der Waals surface area contributed by atoms with E-state index >= 15 is 0 Å². The molecule has 0 radical (unpaired) electrons. The van der Waals surface area contributed by atoms with Crippen LogP contribution in [0, 0.1) is 0 Å². The molecule has 27 heavy (non-hydrogen) atoms. The number of carbonyl (C=O) groups excluding carboxylic acids is 1. The quantitative estimate of drug-likeness (QED) is 0.559. The van der Waals surface area contributed by atoms with E-state index < -0.39 is 0 Å². The maximum Gasteiger partial charge on any atom is 0.253 e. The molecule has 1 aliphatic rings. The molecule has 0 N–H and O–H groups in total. The molecule has 1 atom stereocenters. The molecule has 3 aromatic rings. The molecule has 7 heteroatoms. The van der Waals surface area contributed by atoms with Crippen LogP contribution in [-0.4, -0.2) is 29.5 Å². The highest BCUT2D eigenvalue weighted by Crippen LogP contribution is 2.35. The summed E-state index contributed by atoms with van der Waals surface area (Å²) in [5, 5.41) is 8.21. The smallest absolute Gasteiger partial charge is 0.253 e. The van der Waals surface area contributed by atoms with Crippen molar-refractivity contribution in [2.24, 2.45) is 5.10 Å². The van der Waals surface area contributed by atoms with Crippen LogP contribution >= 0.6 is 23.1 Å². The highest BCUT2D eigenvalue weighted by molar-refractivity contribution is 8.00. The Morgan fingerprint density at radius 1 is 1.33 bits per heavy atom. The molecular formula is C20H18N2O3S2. The first-order valence-corrected chi connectivity index (χ1v) is 10.3. The Morgan fingerprint density at radius 3 is 3.00 bits per heavy atom. The first kappa shape index (κ1) is 17.9. The van der Waals surface area contributed by atoms with Gasteiger partial charge in [-0.1, -0.05) is 12.1 Å². The predicted molar refractivity (Wildman–Crippen MR) is 107 cm³/mol. The zero-order valence-electron chi connectivity index (χ0n) is 14.7. The second-order valence-corrected chi connectivity index (χ2v) is 7.96. The molecule has 0 bridgehead atoms. The third-order valence-electron chi connectivity index (χ3n) is 4.25. The second kappa shape index (κ2) is 8.02. The summed E-state index contributed by atoms with van der Waals surface area (Å²) in [5.41, 5.74) is 0.922. The van der Waals surface area contributed by atoms with E-state index in [1.165, 1.54) is 11.8 Å². The van der Waals surface area contributed by atoms with E-state index in [4.69, 9.17) is 9.15 Å². The number of hydrazone groups is 1. The van der Waals surface area contributed by atoms with Gasteiger partial charge in [-0.05, 0) is 41.8 Å². The van der Waals surface area contributed by atoms with E-state index in [-0.39, 0.29) is 11.9 Å². The molecule has 0 saturated carbocycles. The molecule has 1 aliphatic heterocycles. The Hall–Kier alpha value is -2.51. The molecule has 0 fully saturated rings. The van der Waals surface area contributed by atoms with Gasteiger partial charge in [0, 0.05) is 11.3 Å². The van der Waals surface area contributed by atoms with Gasteiger partial charge < -0.3 is 9.15 Å². The molecule has 0 spiro atoms. The van der Waals surface area contributed by atoms with Crippen molar-refractivity contribution in [3.05, 3.63) is 70.8 Å². The molecule has 3 heterocycles. The molecule has 1 aromatic carbocycles. The van der Waals surface area contributed by atoms with E-state index in [2.05, 4.69) is 5.10 Å². The second-order valence-electron chi connectivity index (χ2n) is 5.97. The van der Waals surface area contributed by atoms with Gasteiger partial charge in [0.15, 0.2) is 0 Å². The van der Waals surface area contributed by atoms with Crippen LogP contribution in [0.1, 0.15) is 23.1 Å². The number of rotatable bonds is 6. The Balaban J connectivity index is 1.51. The van der Waals surface area contributed by atoms with Gasteiger partial charge in [0.2, 0.25) is 0 Å². The van der Waals surface area contributed by atoms with Crippen LogP contribution in [-0.2, 0) is 4.79 Å².